The highest BCUT2D eigenvalue weighted by Gasteiger charge is 2.21. The second-order valence-corrected chi connectivity index (χ2v) is 6.06. The van der Waals surface area contributed by atoms with Crippen LogP contribution in [0.2, 0.25) is 0 Å². The van der Waals surface area contributed by atoms with Crippen LogP contribution >= 0.6 is 0 Å². The van der Waals surface area contributed by atoms with Crippen molar-refractivity contribution >= 4 is 22.3 Å². The molecule has 0 saturated carbocycles. The van der Waals surface area contributed by atoms with Crippen molar-refractivity contribution in [2.24, 2.45) is 0 Å². The van der Waals surface area contributed by atoms with Crippen molar-refractivity contribution in [3.8, 4) is 0 Å². The van der Waals surface area contributed by atoms with E-state index in [4.69, 9.17) is 0 Å². The smallest absolute Gasteiger partial charge is 0.159 e. The number of fused-ring (bicyclic) bond motifs is 1. The second kappa shape index (κ2) is 8.03. The third-order valence-electron chi connectivity index (χ3n) is 4.52. The molecule has 5 heteroatoms. The fraction of sp³-hybridized carbons (Fsp3) is 0.350. The highest BCUT2D eigenvalue weighted by molar-refractivity contribution is 5.86. The number of nitrogens with one attached hydrogen (secondary N) is 2. The molecule has 2 aromatic carbocycles. The minimum atomic E-state index is 0.431. The molecule has 0 aliphatic carbocycles. The van der Waals surface area contributed by atoms with Gasteiger partial charge < -0.3 is 15.8 Å². The number of nitrogens with zero attached hydrogens (tertiary/aromatic N) is 2. The van der Waals surface area contributed by atoms with Crippen molar-refractivity contribution in [1.29, 1.82) is 0 Å². The number of hydrogen-bond acceptors (Lipinski definition) is 4. The molecular formula is C20H26N4O. The normalized spacial score (nSPS) is 14.8. The molecule has 0 unspecified atom stereocenters. The van der Waals surface area contributed by atoms with Gasteiger partial charge in [0.2, 0.25) is 0 Å². The highest BCUT2D eigenvalue weighted by atomic mass is 16.5. The number of anilines is 2. The van der Waals surface area contributed by atoms with Crippen LogP contribution in [0.5, 0.6) is 0 Å². The standard InChI is InChI=1S/C18H20N4O.C2H6/c23-22-12-17(14-7-9-19-10-8-14)18(21-22)20-16-6-5-13-3-1-2-4-15(13)11-16;1-2/h1-6,11-12,14,19,23H,7-10H2,(H,20,21);1-2H3. The van der Waals surface area contributed by atoms with Crippen LogP contribution in [-0.4, -0.2) is 28.2 Å². The average molecular weight is 338 g/mol. The molecule has 1 fully saturated rings. The molecular weight excluding hydrogens is 312 g/mol. The number of benzene rings is 2. The van der Waals surface area contributed by atoms with E-state index in [9.17, 15) is 5.21 Å². The molecule has 0 amide bonds. The van der Waals surface area contributed by atoms with Gasteiger partial charge in [0.05, 0.1) is 6.20 Å². The van der Waals surface area contributed by atoms with Crippen LogP contribution < -0.4 is 10.6 Å². The first-order valence-corrected chi connectivity index (χ1v) is 9.05. The SMILES string of the molecule is CC.On1cc(C2CCNCC2)c(Nc2ccc3ccccc3c2)n1. The van der Waals surface area contributed by atoms with Gasteiger partial charge >= 0.3 is 0 Å². The molecule has 0 spiro atoms. The van der Waals surface area contributed by atoms with Crippen LogP contribution in [0.15, 0.2) is 48.7 Å². The molecule has 1 aromatic heterocycles. The molecule has 1 aliphatic heterocycles. The molecule has 25 heavy (non-hydrogen) atoms. The summed E-state index contributed by atoms with van der Waals surface area (Å²) in [5, 5.41) is 23.1. The Labute approximate surface area is 148 Å². The van der Waals surface area contributed by atoms with Crippen LogP contribution in [0.25, 0.3) is 10.8 Å². The van der Waals surface area contributed by atoms with Gasteiger partial charge in [-0.05, 0) is 54.8 Å². The number of aromatic nitrogens is 2. The van der Waals surface area contributed by atoms with Crippen LogP contribution in [-0.2, 0) is 0 Å². The van der Waals surface area contributed by atoms with Crippen molar-refractivity contribution in [3.05, 3.63) is 54.2 Å². The van der Waals surface area contributed by atoms with Gasteiger partial charge in [-0.15, -0.1) is 9.94 Å². The Hall–Kier alpha value is -2.53. The van der Waals surface area contributed by atoms with Gasteiger partial charge in [-0.1, -0.05) is 44.2 Å². The minimum absolute atomic E-state index is 0.431. The summed E-state index contributed by atoms with van der Waals surface area (Å²) in [7, 11) is 0. The molecule has 0 radical (unpaired) electrons. The number of hydrogen-bond donors (Lipinski definition) is 3. The zero-order valence-electron chi connectivity index (χ0n) is 14.9. The van der Waals surface area contributed by atoms with Gasteiger partial charge in [0.15, 0.2) is 5.82 Å². The Morgan fingerprint density at radius 1 is 1.08 bits per heavy atom. The lowest BCUT2D eigenvalue weighted by Gasteiger charge is -2.22. The monoisotopic (exact) mass is 338 g/mol. The number of piperidine rings is 1. The Morgan fingerprint density at radius 2 is 1.80 bits per heavy atom. The summed E-state index contributed by atoms with van der Waals surface area (Å²) in [6, 6.07) is 14.5. The van der Waals surface area contributed by atoms with Gasteiger partial charge in [-0.3, -0.25) is 0 Å². The van der Waals surface area contributed by atoms with Crippen molar-refractivity contribution in [2.75, 3.05) is 18.4 Å². The van der Waals surface area contributed by atoms with Crippen LogP contribution in [0.4, 0.5) is 11.5 Å². The fourth-order valence-corrected chi connectivity index (χ4v) is 3.31. The lowest BCUT2D eigenvalue weighted by molar-refractivity contribution is 0.149. The first-order chi connectivity index (χ1) is 12.3. The Balaban J connectivity index is 0.000000880. The van der Waals surface area contributed by atoms with E-state index in [0.29, 0.717) is 5.92 Å². The predicted molar refractivity (Wildman–Crippen MR) is 103 cm³/mol. The molecule has 1 aliphatic rings. The summed E-state index contributed by atoms with van der Waals surface area (Å²) in [5.74, 6) is 1.18. The van der Waals surface area contributed by atoms with Gasteiger partial charge in [0.25, 0.3) is 0 Å². The van der Waals surface area contributed by atoms with E-state index in [0.717, 1.165) is 47.8 Å². The topological polar surface area (TPSA) is 62.1 Å². The van der Waals surface area contributed by atoms with E-state index in [-0.39, 0.29) is 0 Å². The van der Waals surface area contributed by atoms with E-state index in [1.807, 2.05) is 32.0 Å². The Bertz CT molecular complexity index is 821. The maximum atomic E-state index is 9.76. The summed E-state index contributed by atoms with van der Waals surface area (Å²) in [6.07, 6.45) is 3.86. The average Bonchev–Trinajstić information content (AvgIpc) is 3.04. The van der Waals surface area contributed by atoms with Crippen LogP contribution in [0.3, 0.4) is 0 Å². The first kappa shape index (κ1) is 17.3. The molecule has 4 rings (SSSR count). The predicted octanol–water partition coefficient (Wildman–Crippen LogP) is 4.51. The molecule has 132 valence electrons. The summed E-state index contributed by atoms with van der Waals surface area (Å²) in [6.45, 7) is 6.02. The lowest BCUT2D eigenvalue weighted by Crippen LogP contribution is -2.26. The van der Waals surface area contributed by atoms with Gasteiger partial charge in [-0.25, -0.2) is 0 Å². The summed E-state index contributed by atoms with van der Waals surface area (Å²) in [4.78, 5) is 0.917. The maximum absolute atomic E-state index is 9.76. The Kier molecular flexibility index (Phi) is 5.56. The largest absolute Gasteiger partial charge is 0.412 e. The second-order valence-electron chi connectivity index (χ2n) is 6.06. The summed E-state index contributed by atoms with van der Waals surface area (Å²) < 4.78 is 0. The lowest BCUT2D eigenvalue weighted by atomic mass is 9.92. The van der Waals surface area contributed by atoms with E-state index < -0.39 is 0 Å². The van der Waals surface area contributed by atoms with Crippen LogP contribution in [0, 0.1) is 0 Å². The van der Waals surface area contributed by atoms with E-state index in [2.05, 4.69) is 40.0 Å². The zero-order valence-corrected chi connectivity index (χ0v) is 14.9. The maximum Gasteiger partial charge on any atom is 0.159 e. The molecule has 0 atom stereocenters. The highest BCUT2D eigenvalue weighted by Crippen LogP contribution is 2.32. The van der Waals surface area contributed by atoms with Crippen molar-refractivity contribution < 1.29 is 5.21 Å². The minimum Gasteiger partial charge on any atom is -0.412 e. The van der Waals surface area contributed by atoms with Crippen LogP contribution in [0.1, 0.15) is 38.2 Å². The zero-order chi connectivity index (χ0) is 17.6. The third kappa shape index (κ3) is 3.94. The molecule has 2 heterocycles. The molecule has 5 nitrogen and oxygen atoms in total. The third-order valence-corrected chi connectivity index (χ3v) is 4.52. The fourth-order valence-electron chi connectivity index (χ4n) is 3.31. The summed E-state index contributed by atoms with van der Waals surface area (Å²) in [5.41, 5.74) is 2.07. The first-order valence-electron chi connectivity index (χ1n) is 9.05. The van der Waals surface area contributed by atoms with Crippen molar-refractivity contribution in [1.82, 2.24) is 15.3 Å². The van der Waals surface area contributed by atoms with Gasteiger partial charge in [0.1, 0.15) is 0 Å². The van der Waals surface area contributed by atoms with E-state index in [1.165, 1.54) is 10.8 Å². The van der Waals surface area contributed by atoms with Gasteiger partial charge in [-0.2, -0.15) is 0 Å². The molecule has 0 bridgehead atoms. The Morgan fingerprint density at radius 3 is 2.56 bits per heavy atom. The van der Waals surface area contributed by atoms with Crippen molar-refractivity contribution in [2.45, 2.75) is 32.6 Å². The molecule has 3 N–H and O–H groups in total. The quantitative estimate of drug-likeness (QED) is 0.615. The molecule has 1 saturated heterocycles. The number of rotatable bonds is 3. The molecule has 3 aromatic rings. The van der Waals surface area contributed by atoms with E-state index in [1.54, 1.807) is 6.20 Å². The van der Waals surface area contributed by atoms with Crippen molar-refractivity contribution in [3.63, 3.8) is 0 Å². The van der Waals surface area contributed by atoms with E-state index >= 15 is 0 Å². The van der Waals surface area contributed by atoms with Gasteiger partial charge in [0, 0.05) is 11.3 Å². The summed E-state index contributed by atoms with van der Waals surface area (Å²) >= 11 is 0.